The first-order valence-electron chi connectivity index (χ1n) is 17.4. The summed E-state index contributed by atoms with van der Waals surface area (Å²) in [6.07, 6.45) is 9.11. The van der Waals surface area contributed by atoms with Crippen LogP contribution in [0.1, 0.15) is 75.8 Å². The third kappa shape index (κ3) is 6.16. The molecular formula is C37H41N5O7S. The van der Waals surface area contributed by atoms with Gasteiger partial charge in [0.2, 0.25) is 0 Å². The lowest BCUT2D eigenvalue weighted by molar-refractivity contribution is 0.0298. The number of methoxy groups -OCH3 is 1. The maximum Gasteiger partial charge on any atom is 0.276 e. The fraction of sp³-hybridized carbons (Fsp3) is 0.432. The monoisotopic (exact) mass is 699 g/mol. The molecule has 4 aromatic rings. The topological polar surface area (TPSA) is 128 Å². The zero-order valence-corrected chi connectivity index (χ0v) is 29.0. The molecule has 2 amide bonds. The van der Waals surface area contributed by atoms with Crippen LogP contribution in [-0.2, 0) is 27.2 Å². The van der Waals surface area contributed by atoms with Gasteiger partial charge in [-0.15, -0.1) is 0 Å². The summed E-state index contributed by atoms with van der Waals surface area (Å²) < 4.78 is 42.3. The van der Waals surface area contributed by atoms with Gasteiger partial charge in [0.1, 0.15) is 5.75 Å². The lowest BCUT2D eigenvalue weighted by Gasteiger charge is -2.26. The molecule has 8 rings (SSSR count). The maximum atomic E-state index is 13.8. The van der Waals surface area contributed by atoms with Gasteiger partial charge in [-0.05, 0) is 66.3 Å². The number of nitrogens with zero attached hydrogens (tertiary/aromatic N) is 4. The van der Waals surface area contributed by atoms with Crippen molar-refractivity contribution in [3.8, 4) is 17.0 Å². The number of morpholine rings is 2. The molecule has 1 N–H and O–H groups in total. The Morgan fingerprint density at radius 3 is 2.48 bits per heavy atom. The minimum atomic E-state index is -1.68. The van der Waals surface area contributed by atoms with E-state index >= 15 is 0 Å². The van der Waals surface area contributed by atoms with Crippen LogP contribution in [0.15, 0.2) is 47.2 Å². The molecular weight excluding hydrogens is 659 g/mol. The lowest BCUT2D eigenvalue weighted by atomic mass is 9.81. The molecule has 1 aliphatic carbocycles. The van der Waals surface area contributed by atoms with Gasteiger partial charge in [0.25, 0.3) is 11.8 Å². The number of hydrogen-bond acceptors (Lipinski definition) is 8. The van der Waals surface area contributed by atoms with E-state index in [0.29, 0.717) is 76.4 Å². The van der Waals surface area contributed by atoms with Crippen LogP contribution < -0.4 is 9.46 Å². The van der Waals surface area contributed by atoms with E-state index in [4.69, 9.17) is 18.6 Å². The summed E-state index contributed by atoms with van der Waals surface area (Å²) in [5.41, 5.74) is 6.69. The normalized spacial score (nSPS) is 19.3. The van der Waals surface area contributed by atoms with E-state index in [1.807, 2.05) is 30.3 Å². The highest BCUT2D eigenvalue weighted by Crippen LogP contribution is 2.48. The molecule has 3 fully saturated rings. The van der Waals surface area contributed by atoms with Gasteiger partial charge in [-0.25, -0.2) is 13.5 Å². The Labute approximate surface area is 293 Å². The molecule has 12 nitrogen and oxygen atoms in total. The fourth-order valence-electron chi connectivity index (χ4n) is 7.78. The molecule has 2 saturated heterocycles. The Balaban J connectivity index is 1.27. The van der Waals surface area contributed by atoms with Gasteiger partial charge in [-0.1, -0.05) is 25.3 Å². The van der Waals surface area contributed by atoms with Gasteiger partial charge in [0, 0.05) is 53.8 Å². The second-order valence-corrected chi connectivity index (χ2v) is 14.4. The highest BCUT2D eigenvalue weighted by molar-refractivity contribution is 7.81. The van der Waals surface area contributed by atoms with Crippen LogP contribution in [0, 0.1) is 0 Å². The highest BCUT2D eigenvalue weighted by Gasteiger charge is 2.33. The smallest absolute Gasteiger partial charge is 0.276 e. The van der Waals surface area contributed by atoms with Gasteiger partial charge in [-0.3, -0.25) is 14.3 Å². The first-order chi connectivity index (χ1) is 24.5. The summed E-state index contributed by atoms with van der Waals surface area (Å²) >= 11 is -1.68. The Morgan fingerprint density at radius 1 is 0.960 bits per heavy atom. The number of carbonyl (C=O) groups is 2. The molecule has 262 valence electrons. The van der Waals surface area contributed by atoms with Crippen molar-refractivity contribution in [2.45, 2.75) is 44.6 Å². The summed E-state index contributed by atoms with van der Waals surface area (Å²) in [6, 6.07) is 11.9. The summed E-state index contributed by atoms with van der Waals surface area (Å²) in [6.45, 7) is 4.23. The first-order valence-corrected chi connectivity index (χ1v) is 18.5. The van der Waals surface area contributed by atoms with Crippen LogP contribution in [0.4, 0.5) is 0 Å². The zero-order valence-electron chi connectivity index (χ0n) is 28.2. The molecule has 2 aromatic carbocycles. The molecule has 1 saturated carbocycles. The van der Waals surface area contributed by atoms with Crippen LogP contribution in [0.3, 0.4) is 0 Å². The maximum absolute atomic E-state index is 13.8. The van der Waals surface area contributed by atoms with Crippen molar-refractivity contribution in [1.29, 1.82) is 0 Å². The molecule has 1 atom stereocenters. The standard InChI is InChI=1S/C37H41N5O7S/c1-46-28-8-10-29-26(20-28)19-27(35-33(38-23-49-35)37(44)40-11-15-47-16-12-40)22-42-31-21-25(36(43)39-50(45)41-13-17-48-18-14-41)7-9-30(31)32(34(29)42)24-5-3-2-4-6-24/h7-10,19-21,23-24H,2-6,11-18,22H2,1H3,(H,39,43). The fourth-order valence-corrected chi connectivity index (χ4v) is 8.66. The van der Waals surface area contributed by atoms with E-state index in [0.717, 1.165) is 64.7 Å². The molecule has 1 unspecified atom stereocenters. The summed E-state index contributed by atoms with van der Waals surface area (Å²) in [7, 11) is 1.65. The molecule has 4 aliphatic rings. The molecule has 3 aliphatic heterocycles. The molecule has 0 radical (unpaired) electrons. The third-order valence-corrected chi connectivity index (χ3v) is 11.5. The van der Waals surface area contributed by atoms with E-state index in [2.05, 4.69) is 26.4 Å². The molecule has 0 spiro atoms. The Hall–Kier alpha value is -4.30. The number of hydrogen-bond donors (Lipinski definition) is 1. The Bertz CT molecular complexity index is 1980. The van der Waals surface area contributed by atoms with Gasteiger partial charge in [0.15, 0.2) is 29.0 Å². The summed E-state index contributed by atoms with van der Waals surface area (Å²) in [5.74, 6) is 0.878. The number of benzene rings is 2. The number of carbonyl (C=O) groups excluding carboxylic acids is 2. The average molecular weight is 700 g/mol. The number of oxazole rings is 1. The van der Waals surface area contributed by atoms with Crippen LogP contribution in [-0.4, -0.2) is 94.5 Å². The minimum Gasteiger partial charge on any atom is -0.497 e. The summed E-state index contributed by atoms with van der Waals surface area (Å²) in [5, 5.41) is 1.09. The zero-order chi connectivity index (χ0) is 34.2. The molecule has 13 heteroatoms. The Morgan fingerprint density at radius 2 is 1.72 bits per heavy atom. The average Bonchev–Trinajstić information content (AvgIpc) is 3.74. The van der Waals surface area contributed by atoms with E-state index in [1.165, 1.54) is 18.4 Å². The van der Waals surface area contributed by atoms with Gasteiger partial charge >= 0.3 is 0 Å². The van der Waals surface area contributed by atoms with Gasteiger partial charge in [0.05, 0.1) is 45.8 Å². The second-order valence-electron chi connectivity index (χ2n) is 13.2. The van der Waals surface area contributed by atoms with Crippen molar-refractivity contribution in [3.05, 3.63) is 70.9 Å². The van der Waals surface area contributed by atoms with Crippen molar-refractivity contribution >= 4 is 45.5 Å². The number of aromatic nitrogens is 2. The molecule has 2 aromatic heterocycles. The van der Waals surface area contributed by atoms with Crippen molar-refractivity contribution < 1.29 is 32.4 Å². The van der Waals surface area contributed by atoms with Crippen molar-refractivity contribution in [1.82, 2.24) is 23.5 Å². The molecule has 50 heavy (non-hydrogen) atoms. The van der Waals surface area contributed by atoms with E-state index < -0.39 is 17.1 Å². The van der Waals surface area contributed by atoms with E-state index in [9.17, 15) is 13.8 Å². The number of amides is 2. The minimum absolute atomic E-state index is 0.194. The van der Waals surface area contributed by atoms with E-state index in [1.54, 1.807) is 16.3 Å². The number of allylic oxidation sites excluding steroid dienone is 1. The lowest BCUT2D eigenvalue weighted by Crippen LogP contribution is -2.44. The number of fused-ring (bicyclic) bond motifs is 5. The third-order valence-electron chi connectivity index (χ3n) is 10.3. The SMILES string of the molecule is COc1ccc2c(c1)C=C(c1ocnc1C(=O)N1CCOCC1)Cn1c-2c(C2CCCCC2)c2ccc(C(=O)NS(=O)N3CCOCC3)cc21. The van der Waals surface area contributed by atoms with Crippen LogP contribution in [0.2, 0.25) is 0 Å². The number of nitrogens with one attached hydrogen (secondary N) is 1. The quantitative estimate of drug-likeness (QED) is 0.285. The second kappa shape index (κ2) is 14.1. The predicted molar refractivity (Wildman–Crippen MR) is 189 cm³/mol. The number of ether oxygens (including phenoxy) is 3. The number of rotatable bonds is 7. The van der Waals surface area contributed by atoms with Crippen LogP contribution in [0.25, 0.3) is 33.8 Å². The molecule has 5 heterocycles. The predicted octanol–water partition coefficient (Wildman–Crippen LogP) is 5.02. The van der Waals surface area contributed by atoms with Gasteiger partial charge < -0.3 is 28.1 Å². The first kappa shape index (κ1) is 32.9. The Kier molecular flexibility index (Phi) is 9.30. The van der Waals surface area contributed by atoms with Crippen molar-refractivity contribution in [3.63, 3.8) is 0 Å². The highest BCUT2D eigenvalue weighted by atomic mass is 32.2. The summed E-state index contributed by atoms with van der Waals surface area (Å²) in [4.78, 5) is 33.5. The molecule has 0 bridgehead atoms. The largest absolute Gasteiger partial charge is 0.497 e. The van der Waals surface area contributed by atoms with Crippen LogP contribution in [0.5, 0.6) is 5.75 Å². The van der Waals surface area contributed by atoms with Gasteiger partial charge in [-0.2, -0.15) is 0 Å². The van der Waals surface area contributed by atoms with Crippen molar-refractivity contribution in [2.75, 3.05) is 59.7 Å². The van der Waals surface area contributed by atoms with E-state index in [-0.39, 0.29) is 11.6 Å². The van der Waals surface area contributed by atoms with Crippen LogP contribution >= 0.6 is 0 Å². The van der Waals surface area contributed by atoms with Crippen molar-refractivity contribution in [2.24, 2.45) is 0 Å².